The second kappa shape index (κ2) is 6.37. The molecule has 1 fully saturated rings. The van der Waals surface area contributed by atoms with Gasteiger partial charge in [0.2, 0.25) is 0 Å². The van der Waals surface area contributed by atoms with Gasteiger partial charge < -0.3 is 0 Å². The molecule has 0 bridgehead atoms. The molecule has 23 heavy (non-hydrogen) atoms. The molecule has 1 aromatic carbocycles. The van der Waals surface area contributed by atoms with Gasteiger partial charge in [0.25, 0.3) is 10.1 Å². The summed E-state index contributed by atoms with van der Waals surface area (Å²) in [6.07, 6.45) is 6.06. The van der Waals surface area contributed by atoms with Gasteiger partial charge in [-0.15, -0.1) is 0 Å². The molecule has 1 unspecified atom stereocenters. The van der Waals surface area contributed by atoms with Gasteiger partial charge in [0, 0.05) is 5.41 Å². The van der Waals surface area contributed by atoms with Crippen molar-refractivity contribution >= 4 is 20.0 Å². The predicted octanol–water partition coefficient (Wildman–Crippen LogP) is 2.75. The molecule has 0 spiro atoms. The second-order valence-corrected chi connectivity index (χ2v) is 9.66. The smallest absolute Gasteiger partial charge is 0.258 e. The van der Waals surface area contributed by atoms with Gasteiger partial charge >= 0.3 is 0 Å². The highest BCUT2D eigenvalue weighted by Crippen LogP contribution is 2.33. The average Bonchev–Trinajstić information content (AvgIpc) is 2.86. The minimum absolute atomic E-state index is 0.0956. The average molecular weight is 356 g/mol. The molecule has 0 radical (unpaired) electrons. The summed E-state index contributed by atoms with van der Waals surface area (Å²) in [5.41, 5.74) is 1.02. The van der Waals surface area contributed by atoms with E-state index in [0.717, 1.165) is 23.8 Å². The third kappa shape index (κ3) is 4.02. The third-order valence-electron chi connectivity index (χ3n) is 4.37. The van der Waals surface area contributed by atoms with Crippen LogP contribution in [0.4, 0.5) is 0 Å². The Bertz CT molecular complexity index is 803. The highest BCUT2D eigenvalue weighted by Gasteiger charge is 2.28. The van der Waals surface area contributed by atoms with Crippen LogP contribution in [0.3, 0.4) is 0 Å². The Hall–Kier alpha value is -1.18. The summed E-state index contributed by atoms with van der Waals surface area (Å²) < 4.78 is 52.6. The quantitative estimate of drug-likeness (QED) is 0.775. The lowest BCUT2D eigenvalue weighted by Crippen LogP contribution is -2.20. The maximum absolute atomic E-state index is 12.4. The van der Waals surface area contributed by atoms with Gasteiger partial charge in [-0.25, -0.2) is 8.42 Å². The fourth-order valence-corrected chi connectivity index (χ4v) is 5.53. The van der Waals surface area contributed by atoms with Gasteiger partial charge in [0.1, 0.15) is 6.10 Å². The summed E-state index contributed by atoms with van der Waals surface area (Å²) >= 11 is 0. The molecule has 1 aliphatic carbocycles. The number of sulfone groups is 1. The van der Waals surface area contributed by atoms with Crippen LogP contribution in [0, 0.1) is 0 Å². The minimum Gasteiger partial charge on any atom is -0.258 e. The van der Waals surface area contributed by atoms with E-state index in [4.69, 9.17) is 4.18 Å². The summed E-state index contributed by atoms with van der Waals surface area (Å²) in [7, 11) is -7.32. The number of hydrogen-bond donors (Lipinski definition) is 0. The van der Waals surface area contributed by atoms with E-state index in [1.807, 2.05) is 6.07 Å². The van der Waals surface area contributed by atoms with Crippen molar-refractivity contribution in [2.45, 2.75) is 49.0 Å². The SMILES string of the molecule is O=S1(=O)C=CC(OS(=O)(=O)c2cccc(C3CCCCC3)c2)C1. The Morgan fingerprint density at radius 2 is 1.83 bits per heavy atom. The summed E-state index contributed by atoms with van der Waals surface area (Å²) in [6, 6.07) is 6.84. The van der Waals surface area contributed by atoms with Crippen LogP contribution in [-0.4, -0.2) is 28.7 Å². The van der Waals surface area contributed by atoms with E-state index in [1.165, 1.54) is 31.4 Å². The Morgan fingerprint density at radius 1 is 1.09 bits per heavy atom. The number of rotatable bonds is 4. The topological polar surface area (TPSA) is 77.5 Å². The van der Waals surface area contributed by atoms with E-state index < -0.39 is 26.1 Å². The van der Waals surface area contributed by atoms with Crippen LogP contribution in [0.25, 0.3) is 0 Å². The van der Waals surface area contributed by atoms with Crippen molar-refractivity contribution in [3.05, 3.63) is 41.3 Å². The van der Waals surface area contributed by atoms with E-state index in [-0.39, 0.29) is 10.6 Å². The lowest BCUT2D eigenvalue weighted by molar-refractivity contribution is 0.279. The zero-order valence-electron chi connectivity index (χ0n) is 12.7. The largest absolute Gasteiger partial charge is 0.297 e. The molecule has 1 saturated carbocycles. The van der Waals surface area contributed by atoms with E-state index in [1.54, 1.807) is 12.1 Å². The summed E-state index contributed by atoms with van der Waals surface area (Å²) in [6.45, 7) is 0. The van der Waals surface area contributed by atoms with Crippen molar-refractivity contribution in [2.24, 2.45) is 0 Å². The number of benzene rings is 1. The molecule has 0 amide bonds. The summed E-state index contributed by atoms with van der Waals surface area (Å²) in [5.74, 6) is 0.0693. The van der Waals surface area contributed by atoms with Crippen LogP contribution in [0.5, 0.6) is 0 Å². The molecule has 3 rings (SSSR count). The number of hydrogen-bond acceptors (Lipinski definition) is 5. The molecule has 2 aliphatic rings. The first kappa shape index (κ1) is 16.7. The first-order chi connectivity index (χ1) is 10.9. The lowest BCUT2D eigenvalue weighted by Gasteiger charge is -2.22. The van der Waals surface area contributed by atoms with Gasteiger partial charge in [0.05, 0.1) is 10.6 Å². The van der Waals surface area contributed by atoms with Crippen molar-refractivity contribution in [1.29, 1.82) is 0 Å². The molecule has 1 aliphatic heterocycles. The van der Waals surface area contributed by atoms with Crippen LogP contribution in [0.15, 0.2) is 40.6 Å². The molecule has 0 N–H and O–H groups in total. The molecule has 1 atom stereocenters. The van der Waals surface area contributed by atoms with Crippen molar-refractivity contribution in [3.8, 4) is 0 Å². The zero-order chi connectivity index (χ0) is 16.5. The van der Waals surface area contributed by atoms with Gasteiger partial charge in [-0.3, -0.25) is 4.18 Å². The van der Waals surface area contributed by atoms with E-state index in [9.17, 15) is 16.8 Å². The van der Waals surface area contributed by atoms with Crippen LogP contribution in [0.2, 0.25) is 0 Å². The van der Waals surface area contributed by atoms with Crippen molar-refractivity contribution in [2.75, 3.05) is 5.75 Å². The monoisotopic (exact) mass is 356 g/mol. The molecule has 0 saturated heterocycles. The minimum atomic E-state index is -3.97. The molecule has 7 heteroatoms. The van der Waals surface area contributed by atoms with Crippen molar-refractivity contribution in [3.63, 3.8) is 0 Å². The van der Waals surface area contributed by atoms with Crippen LogP contribution in [-0.2, 0) is 24.1 Å². The summed E-state index contributed by atoms with van der Waals surface area (Å²) in [4.78, 5) is 0.0956. The Kier molecular flexibility index (Phi) is 4.62. The van der Waals surface area contributed by atoms with E-state index in [2.05, 4.69) is 0 Å². The first-order valence-corrected chi connectivity index (χ1v) is 10.9. The maximum Gasteiger partial charge on any atom is 0.297 e. The van der Waals surface area contributed by atoms with E-state index >= 15 is 0 Å². The zero-order valence-corrected chi connectivity index (χ0v) is 14.4. The Labute approximate surface area is 137 Å². The van der Waals surface area contributed by atoms with Crippen LogP contribution >= 0.6 is 0 Å². The van der Waals surface area contributed by atoms with Gasteiger partial charge in [-0.05, 0) is 42.5 Å². The maximum atomic E-state index is 12.4. The van der Waals surface area contributed by atoms with Crippen LogP contribution < -0.4 is 0 Å². The van der Waals surface area contributed by atoms with Gasteiger partial charge in [-0.1, -0.05) is 31.4 Å². The third-order valence-corrected chi connectivity index (χ3v) is 7.07. The normalized spacial score (nSPS) is 24.8. The fourth-order valence-electron chi connectivity index (χ4n) is 3.19. The molecular formula is C16H20O5S2. The molecule has 5 nitrogen and oxygen atoms in total. The van der Waals surface area contributed by atoms with Gasteiger partial charge in [0.15, 0.2) is 9.84 Å². The fraction of sp³-hybridized carbons (Fsp3) is 0.500. The molecule has 126 valence electrons. The Balaban J connectivity index is 1.79. The van der Waals surface area contributed by atoms with Gasteiger partial charge in [-0.2, -0.15) is 8.42 Å². The molecule has 1 heterocycles. The molecular weight excluding hydrogens is 336 g/mol. The van der Waals surface area contributed by atoms with E-state index in [0.29, 0.717) is 5.92 Å². The lowest BCUT2D eigenvalue weighted by atomic mass is 9.84. The van der Waals surface area contributed by atoms with Crippen molar-refractivity contribution < 1.29 is 21.0 Å². The molecule has 0 aromatic heterocycles. The highest BCUT2D eigenvalue weighted by atomic mass is 32.2. The second-order valence-electron chi connectivity index (χ2n) is 6.15. The van der Waals surface area contributed by atoms with Crippen LogP contribution in [0.1, 0.15) is 43.6 Å². The standard InChI is InChI=1S/C16H20O5S2/c17-22(18)10-9-15(12-22)21-23(19,20)16-8-4-7-14(11-16)13-5-2-1-3-6-13/h4,7-11,13,15H,1-3,5-6,12H2. The summed E-state index contributed by atoms with van der Waals surface area (Å²) in [5, 5.41) is 1.01. The first-order valence-electron chi connectivity index (χ1n) is 7.80. The highest BCUT2D eigenvalue weighted by molar-refractivity contribution is 7.94. The predicted molar refractivity (Wildman–Crippen MR) is 87.3 cm³/mol. The molecule has 1 aromatic rings. The Morgan fingerprint density at radius 3 is 2.48 bits per heavy atom. The van der Waals surface area contributed by atoms with Crippen molar-refractivity contribution in [1.82, 2.24) is 0 Å².